The van der Waals surface area contributed by atoms with Gasteiger partial charge in [0.05, 0.1) is 13.2 Å². The number of phenolic OH excluding ortho intramolecular Hbond substituents is 2. The van der Waals surface area contributed by atoms with Crippen LogP contribution in [-0.2, 0) is 25.7 Å². The molecule has 0 bridgehead atoms. The molecular formula is C46H58O6S. The van der Waals surface area contributed by atoms with Crippen LogP contribution in [0.15, 0.2) is 48.5 Å². The van der Waals surface area contributed by atoms with Crippen LogP contribution < -0.4 is 18.9 Å². The summed E-state index contributed by atoms with van der Waals surface area (Å²) in [5.74, 6) is 6.64. The Hall–Kier alpha value is -3.97. The van der Waals surface area contributed by atoms with Crippen LogP contribution in [0.4, 0.5) is 0 Å². The minimum Gasteiger partial charge on any atom is -0.507 e. The summed E-state index contributed by atoms with van der Waals surface area (Å²) in [6.07, 6.45) is 7.29. The number of hydrogen-bond acceptors (Lipinski definition) is 7. The number of benzene rings is 4. The molecule has 0 aliphatic carbocycles. The van der Waals surface area contributed by atoms with Crippen molar-refractivity contribution >= 4 is 11.8 Å². The van der Waals surface area contributed by atoms with Gasteiger partial charge in [-0.3, -0.25) is 0 Å². The minimum atomic E-state index is -0.288. The quantitative estimate of drug-likeness (QED) is 0.125. The van der Waals surface area contributed by atoms with Crippen LogP contribution in [0.5, 0.6) is 34.5 Å². The predicted molar refractivity (Wildman–Crippen MR) is 217 cm³/mol. The van der Waals surface area contributed by atoms with Gasteiger partial charge in [-0.1, -0.05) is 24.3 Å². The molecule has 2 heterocycles. The van der Waals surface area contributed by atoms with Gasteiger partial charge in [-0.2, -0.15) is 11.8 Å². The molecule has 6 rings (SSSR count). The Balaban J connectivity index is 0.865. The number of hydrogen-bond donors (Lipinski definition) is 2. The largest absolute Gasteiger partial charge is 0.507 e. The third-order valence-corrected chi connectivity index (χ3v) is 12.9. The highest BCUT2D eigenvalue weighted by atomic mass is 32.2. The van der Waals surface area contributed by atoms with Gasteiger partial charge in [-0.05, 0) is 174 Å². The molecule has 2 aliphatic rings. The molecule has 284 valence electrons. The number of phenols is 2. The van der Waals surface area contributed by atoms with Crippen molar-refractivity contribution in [1.82, 2.24) is 0 Å². The second-order valence-electron chi connectivity index (χ2n) is 15.8. The predicted octanol–water partition coefficient (Wildman–Crippen LogP) is 10.6. The molecule has 2 unspecified atom stereocenters. The summed E-state index contributed by atoms with van der Waals surface area (Å²) in [6.45, 7) is 17.5. The number of rotatable bonds is 14. The normalized spacial score (nSPS) is 19.2. The highest BCUT2D eigenvalue weighted by Crippen LogP contribution is 2.45. The van der Waals surface area contributed by atoms with Gasteiger partial charge in [0.15, 0.2) is 0 Å². The van der Waals surface area contributed by atoms with E-state index in [9.17, 15) is 10.2 Å². The molecule has 0 saturated heterocycles. The Morgan fingerprint density at radius 2 is 0.943 bits per heavy atom. The summed E-state index contributed by atoms with van der Waals surface area (Å²) in [4.78, 5) is 0. The fraction of sp³-hybridized carbons (Fsp3) is 0.478. The molecular weight excluding hydrogens is 681 g/mol. The molecule has 0 amide bonds. The Kier molecular flexibility index (Phi) is 11.8. The molecule has 0 saturated carbocycles. The molecule has 0 aromatic heterocycles. The van der Waals surface area contributed by atoms with E-state index in [2.05, 4.69) is 62.4 Å². The van der Waals surface area contributed by atoms with Gasteiger partial charge in [-0.25, -0.2) is 0 Å². The van der Waals surface area contributed by atoms with Gasteiger partial charge in [-0.15, -0.1) is 0 Å². The van der Waals surface area contributed by atoms with Crippen LogP contribution in [0, 0.1) is 41.5 Å². The van der Waals surface area contributed by atoms with E-state index in [0.29, 0.717) is 24.7 Å². The average molecular weight is 739 g/mol. The van der Waals surface area contributed by atoms with E-state index < -0.39 is 0 Å². The maximum Gasteiger partial charge on any atom is 0.127 e. The van der Waals surface area contributed by atoms with Crippen LogP contribution in [0.2, 0.25) is 0 Å². The van der Waals surface area contributed by atoms with Crippen molar-refractivity contribution in [3.05, 3.63) is 104 Å². The zero-order valence-corrected chi connectivity index (χ0v) is 33.9. The Morgan fingerprint density at radius 1 is 0.566 bits per heavy atom. The standard InChI is InChI=1S/C46H58O6S/c1-29-31(3)43-39(33(5)41(29)47)17-21-45(7,51-43)23-25-49-37-13-9-35(10-14-37)19-27-53-28-20-36-11-15-38(16-12-36)50-26-24-46(8)22-18-40-34(6)42(48)30(2)32(4)44(40)52-46/h9-16,47-48H,17-28H2,1-8H3. The number of thioether (sulfide) groups is 1. The third-order valence-electron chi connectivity index (χ3n) is 11.9. The van der Waals surface area contributed by atoms with E-state index >= 15 is 0 Å². The fourth-order valence-electron chi connectivity index (χ4n) is 7.70. The van der Waals surface area contributed by atoms with Crippen LogP contribution in [0.25, 0.3) is 0 Å². The summed E-state index contributed by atoms with van der Waals surface area (Å²) in [6, 6.07) is 17.0. The van der Waals surface area contributed by atoms with Crippen molar-refractivity contribution < 1.29 is 29.2 Å². The van der Waals surface area contributed by atoms with Gasteiger partial charge in [0.1, 0.15) is 45.7 Å². The van der Waals surface area contributed by atoms with E-state index in [4.69, 9.17) is 18.9 Å². The van der Waals surface area contributed by atoms with E-state index in [1.165, 1.54) is 11.1 Å². The van der Waals surface area contributed by atoms with Gasteiger partial charge in [0.25, 0.3) is 0 Å². The molecule has 4 aromatic rings. The summed E-state index contributed by atoms with van der Waals surface area (Å²) in [5.41, 5.74) is 10.1. The van der Waals surface area contributed by atoms with Gasteiger partial charge < -0.3 is 29.2 Å². The highest BCUT2D eigenvalue weighted by molar-refractivity contribution is 7.99. The summed E-state index contributed by atoms with van der Waals surface area (Å²) < 4.78 is 25.4. The van der Waals surface area contributed by atoms with Crippen molar-refractivity contribution in [3.8, 4) is 34.5 Å². The van der Waals surface area contributed by atoms with E-state index in [-0.39, 0.29) is 11.2 Å². The lowest BCUT2D eigenvalue weighted by molar-refractivity contribution is 0.0408. The molecule has 2 aliphatic heterocycles. The Bertz CT molecular complexity index is 1780. The molecule has 2 atom stereocenters. The van der Waals surface area contributed by atoms with E-state index in [0.717, 1.165) is 130 Å². The average Bonchev–Trinajstić information content (AvgIpc) is 3.15. The summed E-state index contributed by atoms with van der Waals surface area (Å²) in [7, 11) is 0. The lowest BCUT2D eigenvalue weighted by atomic mass is 9.86. The zero-order chi connectivity index (χ0) is 37.9. The molecule has 7 heteroatoms. The monoisotopic (exact) mass is 738 g/mol. The second kappa shape index (κ2) is 16.2. The highest BCUT2D eigenvalue weighted by Gasteiger charge is 2.36. The zero-order valence-electron chi connectivity index (χ0n) is 33.0. The lowest BCUT2D eigenvalue weighted by Crippen LogP contribution is -2.38. The maximum atomic E-state index is 10.5. The number of aryl methyl sites for hydroxylation is 2. The fourth-order valence-corrected chi connectivity index (χ4v) is 8.66. The first kappa shape index (κ1) is 38.7. The van der Waals surface area contributed by atoms with Crippen molar-refractivity contribution in [2.45, 2.75) is 118 Å². The molecule has 0 spiro atoms. The molecule has 4 aromatic carbocycles. The SMILES string of the molecule is Cc1c(C)c2c(c(C)c1O)CCC(C)(CCOc1ccc(CCSCCc3ccc(OCCC4(C)CCc5c(C)c(O)c(C)c(C)c5O4)cc3)cc1)O2. The van der Waals surface area contributed by atoms with Crippen molar-refractivity contribution in [2.75, 3.05) is 24.7 Å². The smallest absolute Gasteiger partial charge is 0.127 e. The van der Waals surface area contributed by atoms with Crippen LogP contribution in [-0.4, -0.2) is 46.1 Å². The van der Waals surface area contributed by atoms with Gasteiger partial charge >= 0.3 is 0 Å². The van der Waals surface area contributed by atoms with Crippen LogP contribution in [0.3, 0.4) is 0 Å². The molecule has 2 N–H and O–H groups in total. The second-order valence-corrected chi connectivity index (χ2v) is 17.0. The first-order valence-electron chi connectivity index (χ1n) is 19.3. The van der Waals surface area contributed by atoms with Gasteiger partial charge in [0.2, 0.25) is 0 Å². The lowest BCUT2D eigenvalue weighted by Gasteiger charge is -2.38. The van der Waals surface area contributed by atoms with Crippen LogP contribution in [0.1, 0.15) is 95.2 Å². The molecule has 6 nitrogen and oxygen atoms in total. The van der Waals surface area contributed by atoms with E-state index in [1.54, 1.807) is 0 Å². The maximum absolute atomic E-state index is 10.5. The van der Waals surface area contributed by atoms with Crippen molar-refractivity contribution in [3.63, 3.8) is 0 Å². The van der Waals surface area contributed by atoms with Crippen molar-refractivity contribution in [1.29, 1.82) is 0 Å². The summed E-state index contributed by atoms with van der Waals surface area (Å²) >= 11 is 1.99. The number of aromatic hydroxyl groups is 2. The molecule has 0 fully saturated rings. The first-order valence-corrected chi connectivity index (χ1v) is 20.5. The first-order chi connectivity index (χ1) is 25.3. The molecule has 53 heavy (non-hydrogen) atoms. The Morgan fingerprint density at radius 3 is 1.32 bits per heavy atom. The Labute approximate surface area is 321 Å². The molecule has 0 radical (unpaired) electrons. The van der Waals surface area contributed by atoms with E-state index in [1.807, 2.05) is 53.3 Å². The van der Waals surface area contributed by atoms with Crippen molar-refractivity contribution in [2.24, 2.45) is 0 Å². The number of ether oxygens (including phenoxy) is 4. The van der Waals surface area contributed by atoms with Crippen LogP contribution >= 0.6 is 11.8 Å². The number of fused-ring (bicyclic) bond motifs is 2. The minimum absolute atomic E-state index is 0.288. The van der Waals surface area contributed by atoms with Gasteiger partial charge in [0, 0.05) is 24.0 Å². The summed E-state index contributed by atoms with van der Waals surface area (Å²) in [5, 5.41) is 21.0. The topological polar surface area (TPSA) is 77.4 Å². The third kappa shape index (κ3) is 8.72.